The van der Waals surface area contributed by atoms with E-state index in [1.807, 2.05) is 6.07 Å². The van der Waals surface area contributed by atoms with Crippen LogP contribution in [0.15, 0.2) is 59.7 Å². The van der Waals surface area contributed by atoms with Crippen LogP contribution in [0.3, 0.4) is 0 Å². The Morgan fingerprint density at radius 3 is 2.89 bits per heavy atom. The number of likely N-dealkylation sites (tertiary alicyclic amines) is 1. The number of pyridine rings is 1. The fourth-order valence-corrected chi connectivity index (χ4v) is 3.63. The highest BCUT2D eigenvalue weighted by molar-refractivity contribution is 5.93. The van der Waals surface area contributed by atoms with Gasteiger partial charge in [-0.2, -0.15) is 0 Å². The number of fused-ring (bicyclic) bond motifs is 1. The summed E-state index contributed by atoms with van der Waals surface area (Å²) in [7, 11) is 0. The van der Waals surface area contributed by atoms with Crippen molar-refractivity contribution in [1.82, 2.24) is 19.6 Å². The van der Waals surface area contributed by atoms with Crippen LogP contribution in [0.4, 0.5) is 4.39 Å². The molecular formula is C21H21FN4O2. The number of amides is 1. The number of aromatic nitrogens is 2. The summed E-state index contributed by atoms with van der Waals surface area (Å²) < 4.78 is 15.3. The summed E-state index contributed by atoms with van der Waals surface area (Å²) in [6.07, 6.45) is 4.64. The van der Waals surface area contributed by atoms with Gasteiger partial charge in [0.15, 0.2) is 0 Å². The van der Waals surface area contributed by atoms with Crippen molar-refractivity contribution in [2.45, 2.75) is 25.4 Å². The molecule has 3 aromatic rings. The zero-order valence-corrected chi connectivity index (χ0v) is 15.3. The highest BCUT2D eigenvalue weighted by Gasteiger charge is 2.24. The van der Waals surface area contributed by atoms with Crippen molar-refractivity contribution < 1.29 is 9.18 Å². The molecule has 1 N–H and O–H groups in total. The smallest absolute Gasteiger partial charge is 0.270 e. The molecule has 28 heavy (non-hydrogen) atoms. The minimum atomic E-state index is -0.423. The molecule has 1 fully saturated rings. The average Bonchev–Trinajstić information content (AvgIpc) is 2.70. The van der Waals surface area contributed by atoms with Crippen LogP contribution in [-0.4, -0.2) is 39.3 Å². The Labute approximate surface area is 161 Å². The van der Waals surface area contributed by atoms with E-state index >= 15 is 0 Å². The van der Waals surface area contributed by atoms with E-state index in [2.05, 4.69) is 15.2 Å². The van der Waals surface area contributed by atoms with Gasteiger partial charge in [0.1, 0.15) is 17.0 Å². The number of halogens is 1. The Morgan fingerprint density at radius 1 is 1.21 bits per heavy atom. The van der Waals surface area contributed by atoms with E-state index in [0.717, 1.165) is 19.4 Å². The summed E-state index contributed by atoms with van der Waals surface area (Å²) in [6, 6.07) is 11.9. The van der Waals surface area contributed by atoms with Crippen molar-refractivity contribution in [2.75, 3.05) is 13.1 Å². The third-order valence-corrected chi connectivity index (χ3v) is 5.05. The monoisotopic (exact) mass is 380 g/mol. The lowest BCUT2D eigenvalue weighted by molar-refractivity contribution is 0.0898. The molecule has 2 aromatic heterocycles. The normalized spacial score (nSPS) is 17.5. The Hall–Kier alpha value is -3.06. The summed E-state index contributed by atoms with van der Waals surface area (Å²) in [6.45, 7) is 1.96. The highest BCUT2D eigenvalue weighted by Crippen LogP contribution is 2.16. The quantitative estimate of drug-likeness (QED) is 0.754. The molecule has 6 nitrogen and oxygen atoms in total. The molecule has 0 bridgehead atoms. The summed E-state index contributed by atoms with van der Waals surface area (Å²) >= 11 is 0. The third-order valence-electron chi connectivity index (χ3n) is 5.05. The first kappa shape index (κ1) is 18.3. The second-order valence-corrected chi connectivity index (χ2v) is 7.05. The lowest BCUT2D eigenvalue weighted by Crippen LogP contribution is -2.48. The van der Waals surface area contributed by atoms with Crippen LogP contribution >= 0.6 is 0 Å². The van der Waals surface area contributed by atoms with Gasteiger partial charge >= 0.3 is 0 Å². The van der Waals surface area contributed by atoms with Crippen molar-refractivity contribution in [1.29, 1.82) is 0 Å². The molecule has 1 amide bonds. The number of carbonyl (C=O) groups is 1. The lowest BCUT2D eigenvalue weighted by atomic mass is 10.0. The fourth-order valence-electron chi connectivity index (χ4n) is 3.63. The Bertz CT molecular complexity index is 1070. The summed E-state index contributed by atoms with van der Waals surface area (Å²) in [5.74, 6) is -0.641. The highest BCUT2D eigenvalue weighted by atomic mass is 19.1. The van der Waals surface area contributed by atoms with Gasteiger partial charge in [-0.05, 0) is 37.6 Å². The molecule has 0 spiro atoms. The topological polar surface area (TPSA) is 66.7 Å². The van der Waals surface area contributed by atoms with E-state index in [0.29, 0.717) is 24.3 Å². The maximum atomic E-state index is 13.9. The summed E-state index contributed by atoms with van der Waals surface area (Å²) in [5, 5.41) is 2.94. The first-order valence-electron chi connectivity index (χ1n) is 9.35. The maximum absolute atomic E-state index is 13.9. The molecule has 144 valence electrons. The van der Waals surface area contributed by atoms with Gasteiger partial charge in [-0.15, -0.1) is 0 Å². The lowest BCUT2D eigenvalue weighted by Gasteiger charge is -2.33. The predicted octanol–water partition coefficient (Wildman–Crippen LogP) is 2.23. The maximum Gasteiger partial charge on any atom is 0.270 e. The van der Waals surface area contributed by atoms with E-state index in [-0.39, 0.29) is 23.0 Å². The number of rotatable bonds is 4. The van der Waals surface area contributed by atoms with Crippen LogP contribution in [-0.2, 0) is 6.54 Å². The van der Waals surface area contributed by atoms with Gasteiger partial charge in [-0.1, -0.05) is 24.3 Å². The fraction of sp³-hybridized carbons (Fsp3) is 0.286. The van der Waals surface area contributed by atoms with Gasteiger partial charge in [-0.25, -0.2) is 9.37 Å². The molecule has 1 saturated heterocycles. The molecule has 1 aromatic carbocycles. The molecule has 3 heterocycles. The average molecular weight is 380 g/mol. The number of hydrogen-bond acceptors (Lipinski definition) is 4. The first-order chi connectivity index (χ1) is 13.6. The Balaban J connectivity index is 1.45. The van der Waals surface area contributed by atoms with Crippen LogP contribution in [0.1, 0.15) is 28.8 Å². The van der Waals surface area contributed by atoms with Gasteiger partial charge in [0.05, 0.1) is 0 Å². The largest absolute Gasteiger partial charge is 0.348 e. The van der Waals surface area contributed by atoms with Gasteiger partial charge < -0.3 is 5.32 Å². The SMILES string of the molecule is O=C(N[C@@H]1CCCN(Cc2ccccc2F)C1)c1cnc2ccccn2c1=O. The van der Waals surface area contributed by atoms with E-state index in [1.54, 1.807) is 36.5 Å². The van der Waals surface area contributed by atoms with Gasteiger partial charge in [0, 0.05) is 37.1 Å². The van der Waals surface area contributed by atoms with Crippen LogP contribution in [0.5, 0.6) is 0 Å². The molecule has 7 heteroatoms. The standard InChI is InChI=1S/C21H21FN4O2/c22-18-8-2-1-6-15(18)13-25-10-5-7-16(14-25)24-20(27)17-12-23-19-9-3-4-11-26(19)21(17)28/h1-4,6,8-9,11-12,16H,5,7,10,13-14H2,(H,24,27)/t16-/m1/s1. The molecule has 0 radical (unpaired) electrons. The number of nitrogens with zero attached hydrogens (tertiary/aromatic N) is 3. The van der Waals surface area contributed by atoms with Gasteiger partial charge in [-0.3, -0.25) is 18.9 Å². The van der Waals surface area contributed by atoms with Crippen LogP contribution in [0.2, 0.25) is 0 Å². The van der Waals surface area contributed by atoms with Crippen LogP contribution < -0.4 is 10.9 Å². The number of hydrogen-bond donors (Lipinski definition) is 1. The minimum absolute atomic E-state index is 0.0231. The summed E-state index contributed by atoms with van der Waals surface area (Å²) in [5.41, 5.74) is 0.779. The minimum Gasteiger partial charge on any atom is -0.348 e. The Morgan fingerprint density at radius 2 is 2.04 bits per heavy atom. The van der Waals surface area contributed by atoms with E-state index in [1.165, 1.54) is 16.7 Å². The number of piperidine rings is 1. The molecule has 1 aliphatic heterocycles. The molecular weight excluding hydrogens is 359 g/mol. The molecule has 0 saturated carbocycles. The van der Waals surface area contributed by atoms with Gasteiger partial charge in [0.25, 0.3) is 11.5 Å². The van der Waals surface area contributed by atoms with Gasteiger partial charge in [0.2, 0.25) is 0 Å². The van der Waals surface area contributed by atoms with E-state index in [9.17, 15) is 14.0 Å². The molecule has 0 aliphatic carbocycles. The predicted molar refractivity (Wildman–Crippen MR) is 104 cm³/mol. The van der Waals surface area contributed by atoms with Crippen molar-refractivity contribution in [3.63, 3.8) is 0 Å². The third kappa shape index (κ3) is 3.80. The molecule has 1 aliphatic rings. The van der Waals surface area contributed by atoms with E-state index in [4.69, 9.17) is 0 Å². The second kappa shape index (κ2) is 7.90. The number of benzene rings is 1. The molecule has 4 rings (SSSR count). The van der Waals surface area contributed by atoms with Crippen molar-refractivity contribution in [3.05, 3.63) is 82.2 Å². The van der Waals surface area contributed by atoms with Crippen LogP contribution in [0.25, 0.3) is 5.65 Å². The molecule has 0 unspecified atom stereocenters. The van der Waals surface area contributed by atoms with Crippen molar-refractivity contribution in [3.8, 4) is 0 Å². The second-order valence-electron chi connectivity index (χ2n) is 7.05. The zero-order valence-electron chi connectivity index (χ0n) is 15.3. The van der Waals surface area contributed by atoms with Crippen molar-refractivity contribution in [2.24, 2.45) is 0 Å². The number of carbonyl (C=O) groups excluding carboxylic acids is 1. The zero-order chi connectivity index (χ0) is 19.5. The Kier molecular flexibility index (Phi) is 5.16. The first-order valence-corrected chi connectivity index (χ1v) is 9.35. The van der Waals surface area contributed by atoms with Crippen molar-refractivity contribution >= 4 is 11.6 Å². The van der Waals surface area contributed by atoms with E-state index < -0.39 is 5.91 Å². The number of nitrogens with one attached hydrogen (secondary N) is 1. The molecule has 1 atom stereocenters. The van der Waals surface area contributed by atoms with Crippen LogP contribution in [0, 0.1) is 5.82 Å². The summed E-state index contributed by atoms with van der Waals surface area (Å²) in [4.78, 5) is 31.5.